The number of ketones is 2. The zero-order valence-corrected chi connectivity index (χ0v) is 26.9. The molecule has 0 aliphatic carbocycles. The quantitative estimate of drug-likeness (QED) is 0.351. The van der Waals surface area contributed by atoms with Gasteiger partial charge in [-0.05, 0) is 60.7 Å². The van der Waals surface area contributed by atoms with Gasteiger partial charge in [0.2, 0.25) is 6.29 Å². The van der Waals surface area contributed by atoms with Gasteiger partial charge in [0.15, 0.2) is 24.0 Å². The Morgan fingerprint density at radius 3 is 2.24 bits per heavy atom. The van der Waals surface area contributed by atoms with Crippen LogP contribution in [0.5, 0.6) is 0 Å². The van der Waals surface area contributed by atoms with Crippen LogP contribution < -0.4 is 5.73 Å². The summed E-state index contributed by atoms with van der Waals surface area (Å²) in [6.45, 7) is 11.3. The third-order valence-electron chi connectivity index (χ3n) is 8.33. The average Bonchev–Trinajstić information content (AvgIpc) is 2.91. The maximum atomic E-state index is 13.9. The second-order valence-corrected chi connectivity index (χ2v) is 12.4. The zero-order chi connectivity index (χ0) is 32.2. The van der Waals surface area contributed by atoms with Gasteiger partial charge >= 0.3 is 11.9 Å². The van der Waals surface area contributed by atoms with E-state index in [-0.39, 0.29) is 24.3 Å². The number of carbonyl (C=O) groups is 4. The van der Waals surface area contributed by atoms with Crippen LogP contribution in [0.25, 0.3) is 0 Å². The van der Waals surface area contributed by atoms with Gasteiger partial charge in [-0.25, -0.2) is 0 Å². The molecule has 2 aliphatic rings. The highest BCUT2D eigenvalue weighted by molar-refractivity contribution is 6.00. The summed E-state index contributed by atoms with van der Waals surface area (Å²) in [4.78, 5) is 54.3. The number of nitrogens with two attached hydrogens (primary N) is 1. The van der Waals surface area contributed by atoms with Crippen LogP contribution in [0.4, 0.5) is 0 Å². The number of methoxy groups -OCH3 is 2. The maximum absolute atomic E-state index is 13.9. The van der Waals surface area contributed by atoms with Gasteiger partial charge in [-0.2, -0.15) is 0 Å². The smallest absolute Gasteiger partial charge is 0.318 e. The van der Waals surface area contributed by atoms with E-state index in [1.54, 1.807) is 27.7 Å². The van der Waals surface area contributed by atoms with E-state index in [1.165, 1.54) is 40.2 Å². The number of carbonyl (C=O) groups excluding carboxylic acids is 4. The van der Waals surface area contributed by atoms with Gasteiger partial charge in [-0.3, -0.25) is 19.2 Å². The van der Waals surface area contributed by atoms with Crippen LogP contribution in [0.3, 0.4) is 0 Å². The predicted octanol–water partition coefficient (Wildman–Crippen LogP) is 2.01. The molecule has 0 aromatic rings. The first kappa shape index (κ1) is 36.0. The summed E-state index contributed by atoms with van der Waals surface area (Å²) < 4.78 is 35.3. The van der Waals surface area contributed by atoms with Crippen molar-refractivity contribution >= 4 is 23.5 Å². The van der Waals surface area contributed by atoms with Crippen LogP contribution in [0, 0.1) is 17.8 Å². The van der Waals surface area contributed by atoms with Crippen molar-refractivity contribution in [3.8, 4) is 0 Å². The molecule has 0 radical (unpaired) electrons. The molecular weight excluding hydrogens is 548 g/mol. The molecule has 0 aromatic carbocycles. The molecule has 2 rings (SSSR count). The van der Waals surface area contributed by atoms with E-state index in [1.807, 2.05) is 25.9 Å². The summed E-state index contributed by atoms with van der Waals surface area (Å²) in [6.07, 6.45) is -0.933. The van der Waals surface area contributed by atoms with Crippen molar-refractivity contribution in [2.45, 2.75) is 109 Å². The number of hydrogen-bond acceptors (Lipinski definition) is 12. The molecule has 240 valence electrons. The van der Waals surface area contributed by atoms with Crippen LogP contribution in [-0.2, 0) is 47.6 Å². The lowest BCUT2D eigenvalue weighted by Crippen LogP contribution is -2.60. The van der Waals surface area contributed by atoms with E-state index in [0.717, 1.165) is 0 Å². The fourth-order valence-corrected chi connectivity index (χ4v) is 5.72. The lowest BCUT2D eigenvalue weighted by Gasteiger charge is -2.47. The van der Waals surface area contributed by atoms with Gasteiger partial charge < -0.3 is 39.1 Å². The second-order valence-electron chi connectivity index (χ2n) is 12.4. The SMILES string of the molecule is CO[C@@H]1OC(=O)[C@H](C)C(=O)[C@H](C)[C@@H](OC2O[C@H](C)C[C@H](N(C)C)[C@H]2OC(C)=O)[C@@](C)(OC)CC(C)C(=O)/C=C/[C@]1(C)N. The molecule has 2 N–H and O–H groups in total. The van der Waals surface area contributed by atoms with Crippen molar-refractivity contribution in [3.05, 3.63) is 12.2 Å². The van der Waals surface area contributed by atoms with Gasteiger partial charge in [-0.1, -0.05) is 19.9 Å². The minimum Gasteiger partial charge on any atom is -0.455 e. The number of rotatable bonds is 6. The number of ether oxygens (including phenoxy) is 6. The third kappa shape index (κ3) is 8.45. The van der Waals surface area contributed by atoms with Crippen LogP contribution in [0.2, 0.25) is 0 Å². The normalized spacial score (nSPS) is 41.6. The number of allylic oxidation sites excluding steroid dienone is 1. The van der Waals surface area contributed by atoms with Gasteiger partial charge in [0.1, 0.15) is 5.92 Å². The largest absolute Gasteiger partial charge is 0.455 e. The van der Waals surface area contributed by atoms with Crippen molar-refractivity contribution in [1.82, 2.24) is 4.90 Å². The van der Waals surface area contributed by atoms with E-state index >= 15 is 0 Å². The highest BCUT2D eigenvalue weighted by Gasteiger charge is 2.50. The summed E-state index contributed by atoms with van der Waals surface area (Å²) in [7, 11) is 6.53. The molecule has 2 aliphatic heterocycles. The summed E-state index contributed by atoms with van der Waals surface area (Å²) in [5.74, 6) is -4.82. The number of esters is 2. The molecule has 0 spiro atoms. The minimum absolute atomic E-state index is 0.153. The Morgan fingerprint density at radius 1 is 1.10 bits per heavy atom. The summed E-state index contributed by atoms with van der Waals surface area (Å²) in [5.41, 5.74) is 3.77. The Balaban J connectivity index is 2.64. The van der Waals surface area contributed by atoms with Crippen LogP contribution in [0.1, 0.15) is 61.3 Å². The molecule has 1 fully saturated rings. The Hall–Kier alpha value is -2.22. The highest BCUT2D eigenvalue weighted by atomic mass is 16.7. The Labute approximate surface area is 249 Å². The molecule has 12 nitrogen and oxygen atoms in total. The molecule has 11 atom stereocenters. The lowest BCUT2D eigenvalue weighted by molar-refractivity contribution is -0.297. The summed E-state index contributed by atoms with van der Waals surface area (Å²) >= 11 is 0. The maximum Gasteiger partial charge on any atom is 0.318 e. The fraction of sp³-hybridized carbons (Fsp3) is 0.800. The molecule has 0 amide bonds. The topological polar surface area (TPSA) is 153 Å². The Bertz CT molecular complexity index is 1010. The van der Waals surface area contributed by atoms with Crippen LogP contribution in [-0.4, -0.2) is 105 Å². The van der Waals surface area contributed by atoms with Crippen molar-refractivity contribution < 1.29 is 47.6 Å². The van der Waals surface area contributed by atoms with E-state index in [0.29, 0.717) is 6.42 Å². The zero-order valence-electron chi connectivity index (χ0n) is 26.9. The molecule has 2 unspecified atom stereocenters. The van der Waals surface area contributed by atoms with Crippen molar-refractivity contribution in [2.75, 3.05) is 28.3 Å². The van der Waals surface area contributed by atoms with Gasteiger partial charge in [0.25, 0.3) is 0 Å². The first-order chi connectivity index (χ1) is 19.4. The van der Waals surface area contributed by atoms with Gasteiger partial charge in [0.05, 0.1) is 29.4 Å². The van der Waals surface area contributed by atoms with Crippen molar-refractivity contribution in [2.24, 2.45) is 23.5 Å². The number of likely N-dealkylation sites (N-methyl/N-ethyl adjacent to an activating group) is 1. The standard InChI is InChI=1S/C30H50N2O10/c1-16-15-30(7,38-11)25(41-27-24(40-20(5)33)21(32(8)9)14-17(2)39-27)18(3)23(35)19(4)26(36)42-28(37-10)29(6,31)13-12-22(16)34/h12-13,16-19,21,24-25,27-28H,14-15,31H2,1-11H3/b13-12+/t16?,17-,18+,19-,21+,24-,25-,27?,28-,29+,30+/m1/s1. The minimum atomic E-state index is -1.35. The lowest BCUT2D eigenvalue weighted by atomic mass is 9.77. The first-order valence-corrected chi connectivity index (χ1v) is 14.4. The molecule has 0 aromatic heterocycles. The van der Waals surface area contributed by atoms with Crippen molar-refractivity contribution in [1.29, 1.82) is 0 Å². The third-order valence-corrected chi connectivity index (χ3v) is 8.33. The van der Waals surface area contributed by atoms with E-state index in [9.17, 15) is 19.2 Å². The van der Waals surface area contributed by atoms with Crippen LogP contribution in [0.15, 0.2) is 12.2 Å². The fourth-order valence-electron chi connectivity index (χ4n) is 5.72. The summed E-state index contributed by atoms with van der Waals surface area (Å²) in [6, 6.07) is -0.239. The van der Waals surface area contributed by atoms with E-state index < -0.39 is 71.4 Å². The highest BCUT2D eigenvalue weighted by Crippen LogP contribution is 2.37. The molecular formula is C30H50N2O10. The molecule has 12 heteroatoms. The first-order valence-electron chi connectivity index (χ1n) is 14.4. The average molecular weight is 599 g/mol. The number of Topliss-reactive ketones (excluding diaryl/α,β-unsaturated/α-hetero) is 1. The van der Waals surface area contributed by atoms with Crippen molar-refractivity contribution in [3.63, 3.8) is 0 Å². The Kier molecular flexibility index (Phi) is 12.4. The van der Waals surface area contributed by atoms with Gasteiger partial charge in [0, 0.05) is 33.0 Å². The molecule has 1 saturated heterocycles. The van der Waals surface area contributed by atoms with E-state index in [4.69, 9.17) is 34.2 Å². The summed E-state index contributed by atoms with van der Waals surface area (Å²) in [5, 5.41) is 0. The molecule has 2 heterocycles. The Morgan fingerprint density at radius 2 is 1.71 bits per heavy atom. The predicted molar refractivity (Wildman–Crippen MR) is 153 cm³/mol. The van der Waals surface area contributed by atoms with Gasteiger partial charge in [-0.15, -0.1) is 0 Å². The number of hydrogen-bond donors (Lipinski definition) is 1. The second kappa shape index (κ2) is 14.5. The number of cyclic esters (lactones) is 1. The monoisotopic (exact) mass is 598 g/mol. The molecule has 0 saturated carbocycles. The number of nitrogens with zero attached hydrogens (tertiary/aromatic N) is 1. The molecule has 42 heavy (non-hydrogen) atoms. The van der Waals surface area contributed by atoms with Crippen LogP contribution >= 0.6 is 0 Å². The van der Waals surface area contributed by atoms with E-state index in [2.05, 4.69) is 0 Å². The molecule has 0 bridgehead atoms.